The van der Waals surface area contributed by atoms with Crippen molar-refractivity contribution < 1.29 is 19.5 Å². The predicted molar refractivity (Wildman–Crippen MR) is 85.5 cm³/mol. The summed E-state index contributed by atoms with van der Waals surface area (Å²) in [6.07, 6.45) is 1.22. The van der Waals surface area contributed by atoms with Crippen molar-refractivity contribution in [1.29, 1.82) is 0 Å². The van der Waals surface area contributed by atoms with Crippen LogP contribution in [-0.2, 0) is 14.4 Å². The average molecular weight is 329 g/mol. The number of amides is 2. The molecule has 2 heterocycles. The van der Waals surface area contributed by atoms with E-state index in [-0.39, 0.29) is 11.7 Å². The topological polar surface area (TPSA) is 113 Å². The van der Waals surface area contributed by atoms with Crippen molar-refractivity contribution in [2.24, 2.45) is 5.73 Å². The van der Waals surface area contributed by atoms with Gasteiger partial charge in [0.15, 0.2) is 0 Å². The van der Waals surface area contributed by atoms with Crippen LogP contribution >= 0.6 is 0 Å². The Morgan fingerprint density at radius 3 is 2.62 bits per heavy atom. The number of aliphatic carboxylic acids is 1. The van der Waals surface area contributed by atoms with Gasteiger partial charge in [0.2, 0.25) is 5.91 Å². The molecule has 0 radical (unpaired) electrons. The summed E-state index contributed by atoms with van der Waals surface area (Å²) >= 11 is 0. The van der Waals surface area contributed by atoms with Gasteiger partial charge >= 0.3 is 5.97 Å². The minimum atomic E-state index is -1.11. The minimum Gasteiger partial charge on any atom is -0.477 e. The number of hydrogen-bond donors (Lipinski definition) is 3. The third kappa shape index (κ3) is 2.56. The van der Waals surface area contributed by atoms with Gasteiger partial charge in [0.25, 0.3) is 5.91 Å². The first-order valence-electron chi connectivity index (χ1n) is 7.79. The Balaban J connectivity index is 1.71. The van der Waals surface area contributed by atoms with Crippen LogP contribution in [0.1, 0.15) is 31.4 Å². The minimum absolute atomic E-state index is 0.0362. The monoisotopic (exact) mass is 329 g/mol. The van der Waals surface area contributed by atoms with Crippen LogP contribution in [0.3, 0.4) is 0 Å². The zero-order valence-electron chi connectivity index (χ0n) is 13.2. The van der Waals surface area contributed by atoms with Crippen LogP contribution in [0, 0.1) is 0 Å². The number of carboxylic acids is 1. The van der Waals surface area contributed by atoms with Crippen molar-refractivity contribution in [3.05, 3.63) is 47.2 Å². The molecule has 0 aromatic heterocycles. The molecule has 1 aromatic carbocycles. The molecule has 1 fully saturated rings. The van der Waals surface area contributed by atoms with Crippen LogP contribution in [0.2, 0.25) is 0 Å². The number of rotatable bonds is 4. The summed E-state index contributed by atoms with van der Waals surface area (Å²) in [5.74, 6) is -1.95. The smallest absolute Gasteiger partial charge is 0.352 e. The van der Waals surface area contributed by atoms with Crippen LogP contribution in [0.25, 0.3) is 0 Å². The predicted octanol–water partition coefficient (Wildman–Crippen LogP) is 0.534. The fraction of sp³-hybridized carbons (Fsp3) is 0.353. The van der Waals surface area contributed by atoms with Gasteiger partial charge in [-0.05, 0) is 30.9 Å². The van der Waals surface area contributed by atoms with Gasteiger partial charge in [-0.25, -0.2) is 4.79 Å². The highest BCUT2D eigenvalue weighted by atomic mass is 16.4. The lowest BCUT2D eigenvalue weighted by molar-refractivity contribution is -0.156. The highest BCUT2D eigenvalue weighted by Gasteiger charge is 2.53. The Bertz CT molecular complexity index is 729. The number of carbonyl (C=O) groups excluding carboxylic acids is 2. The van der Waals surface area contributed by atoms with Gasteiger partial charge in [-0.2, -0.15) is 0 Å². The molecule has 0 spiro atoms. The lowest BCUT2D eigenvalue weighted by Crippen LogP contribution is -2.72. The summed E-state index contributed by atoms with van der Waals surface area (Å²) in [6.45, 7) is 1.71. The molecule has 24 heavy (non-hydrogen) atoms. The first-order chi connectivity index (χ1) is 11.4. The first kappa shape index (κ1) is 16.2. The van der Waals surface area contributed by atoms with Gasteiger partial charge in [-0.15, -0.1) is 0 Å². The molecule has 0 aliphatic carbocycles. The van der Waals surface area contributed by atoms with Gasteiger partial charge < -0.3 is 16.2 Å². The normalized spacial score (nSPS) is 24.1. The summed E-state index contributed by atoms with van der Waals surface area (Å²) in [6, 6.07) is 6.98. The van der Waals surface area contributed by atoms with Crippen LogP contribution in [-0.4, -0.2) is 39.9 Å². The number of fused-ring (bicyclic) bond motifs is 1. The third-order valence-corrected chi connectivity index (χ3v) is 4.62. The van der Waals surface area contributed by atoms with Crippen molar-refractivity contribution in [2.75, 3.05) is 0 Å². The molecule has 4 N–H and O–H groups in total. The fourth-order valence-corrected chi connectivity index (χ4v) is 3.30. The lowest BCUT2D eigenvalue weighted by atomic mass is 9.83. The maximum absolute atomic E-state index is 12.3. The molecule has 0 bridgehead atoms. The van der Waals surface area contributed by atoms with Gasteiger partial charge in [0.1, 0.15) is 17.8 Å². The summed E-state index contributed by atoms with van der Waals surface area (Å²) in [7, 11) is 0. The van der Waals surface area contributed by atoms with Crippen molar-refractivity contribution in [3.63, 3.8) is 0 Å². The highest BCUT2D eigenvalue weighted by Crippen LogP contribution is 2.36. The summed E-state index contributed by atoms with van der Waals surface area (Å²) in [5, 5.41) is 12.0. The molecule has 2 unspecified atom stereocenters. The second-order valence-corrected chi connectivity index (χ2v) is 6.12. The number of nitrogens with one attached hydrogen (secondary N) is 1. The largest absolute Gasteiger partial charge is 0.477 e. The van der Waals surface area contributed by atoms with Crippen molar-refractivity contribution >= 4 is 17.8 Å². The number of nitrogens with two attached hydrogens (primary N) is 1. The summed E-state index contributed by atoms with van der Waals surface area (Å²) < 4.78 is 0. The molecule has 7 nitrogen and oxygen atoms in total. The Kier molecular flexibility index (Phi) is 4.11. The third-order valence-electron chi connectivity index (χ3n) is 4.62. The zero-order valence-corrected chi connectivity index (χ0v) is 13.2. The molecular weight excluding hydrogens is 310 g/mol. The Labute approximate surface area is 139 Å². The van der Waals surface area contributed by atoms with E-state index in [4.69, 9.17) is 5.73 Å². The van der Waals surface area contributed by atoms with E-state index in [0.717, 1.165) is 0 Å². The van der Waals surface area contributed by atoms with Crippen LogP contribution in [0.15, 0.2) is 41.6 Å². The van der Waals surface area contributed by atoms with E-state index < -0.39 is 29.9 Å². The molecule has 1 saturated heterocycles. The molecule has 2 aliphatic rings. The number of hydrogen-bond acceptors (Lipinski definition) is 4. The molecule has 7 heteroatoms. The maximum atomic E-state index is 12.3. The quantitative estimate of drug-likeness (QED) is 0.698. The molecule has 0 saturated carbocycles. The number of benzene rings is 1. The van der Waals surface area contributed by atoms with E-state index >= 15 is 0 Å². The Hall–Kier alpha value is -2.67. The SMILES string of the molecule is CC1=C(C(=O)O)N2C(=O)C(NC(=O)[C@H](N)c3ccccc3)C2CC1. The Morgan fingerprint density at radius 2 is 2.00 bits per heavy atom. The van der Waals surface area contributed by atoms with Crippen molar-refractivity contribution in [3.8, 4) is 0 Å². The molecular formula is C17H19N3O4. The van der Waals surface area contributed by atoms with E-state index in [9.17, 15) is 19.5 Å². The first-order valence-corrected chi connectivity index (χ1v) is 7.79. The second kappa shape index (κ2) is 6.09. The molecule has 3 rings (SSSR count). The maximum Gasteiger partial charge on any atom is 0.352 e. The number of β-lactam (4-membered cyclic amide) rings is 1. The van der Waals surface area contributed by atoms with Crippen LogP contribution in [0.4, 0.5) is 0 Å². The van der Waals surface area contributed by atoms with Crippen molar-refractivity contribution in [2.45, 2.75) is 37.9 Å². The van der Waals surface area contributed by atoms with E-state index in [1.165, 1.54) is 4.90 Å². The number of carboxylic acid groups (broad SMARTS) is 1. The molecule has 2 aliphatic heterocycles. The van der Waals surface area contributed by atoms with Crippen LogP contribution in [0.5, 0.6) is 0 Å². The van der Waals surface area contributed by atoms with E-state index in [2.05, 4.69) is 5.32 Å². The van der Waals surface area contributed by atoms with Crippen LogP contribution < -0.4 is 11.1 Å². The molecule has 3 atom stereocenters. The van der Waals surface area contributed by atoms with Gasteiger partial charge in [-0.1, -0.05) is 30.3 Å². The second-order valence-electron chi connectivity index (χ2n) is 6.12. The average Bonchev–Trinajstić information content (AvgIpc) is 2.59. The zero-order chi connectivity index (χ0) is 17.4. The molecule has 1 aromatic rings. The summed E-state index contributed by atoms with van der Waals surface area (Å²) in [5.41, 5.74) is 7.31. The fourth-order valence-electron chi connectivity index (χ4n) is 3.30. The van der Waals surface area contributed by atoms with E-state index in [0.29, 0.717) is 24.0 Å². The van der Waals surface area contributed by atoms with E-state index in [1.807, 2.05) is 6.07 Å². The van der Waals surface area contributed by atoms with E-state index in [1.54, 1.807) is 31.2 Å². The van der Waals surface area contributed by atoms with Gasteiger partial charge in [-0.3, -0.25) is 14.5 Å². The molecule has 2 amide bonds. The number of carbonyl (C=O) groups is 3. The standard InChI is InChI=1S/C17H19N3O4/c1-9-7-8-11-13(16(22)20(11)14(9)17(23)24)19-15(21)12(18)10-5-3-2-4-6-10/h2-6,11-13H,7-8,18H2,1H3,(H,19,21)(H,23,24)/t11?,12-,13?/m1/s1. The highest BCUT2D eigenvalue weighted by molar-refractivity contribution is 6.02. The molecule has 126 valence electrons. The van der Waals surface area contributed by atoms with Crippen molar-refractivity contribution in [1.82, 2.24) is 10.2 Å². The lowest BCUT2D eigenvalue weighted by Gasteiger charge is -2.50. The number of nitrogens with zero attached hydrogens (tertiary/aromatic N) is 1. The summed E-state index contributed by atoms with van der Waals surface area (Å²) in [4.78, 5) is 37.3. The van der Waals surface area contributed by atoms with Gasteiger partial charge in [0.05, 0.1) is 6.04 Å². The Morgan fingerprint density at radius 1 is 1.33 bits per heavy atom. The van der Waals surface area contributed by atoms with Gasteiger partial charge in [0, 0.05) is 0 Å². The number of allylic oxidation sites excluding steroid dienone is 1.